The lowest BCUT2D eigenvalue weighted by molar-refractivity contribution is -0.137. The van der Waals surface area contributed by atoms with Gasteiger partial charge in [0.15, 0.2) is 0 Å². The van der Waals surface area contributed by atoms with Crippen molar-refractivity contribution in [3.8, 4) is 23.0 Å². The Labute approximate surface area is 148 Å². The summed E-state index contributed by atoms with van der Waals surface area (Å²) in [6.07, 6.45) is 2.39. The molecule has 8 heteroatoms. The smallest absolute Gasteiger partial charge is 0.328 e. The second-order valence-corrected chi connectivity index (χ2v) is 5.12. The van der Waals surface area contributed by atoms with Crippen molar-refractivity contribution < 1.29 is 40.2 Å². The number of carboxylic acid groups (broad SMARTS) is 2. The van der Waals surface area contributed by atoms with E-state index in [0.717, 1.165) is 12.1 Å². The van der Waals surface area contributed by atoms with Crippen molar-refractivity contribution in [1.82, 2.24) is 0 Å². The van der Waals surface area contributed by atoms with Gasteiger partial charge in [0.2, 0.25) is 0 Å². The lowest BCUT2D eigenvalue weighted by atomic mass is 10.1. The third-order valence-electron chi connectivity index (χ3n) is 3.10. The third-order valence-corrected chi connectivity index (χ3v) is 3.10. The molecule has 0 aliphatic rings. The van der Waals surface area contributed by atoms with Crippen LogP contribution in [0, 0.1) is 0 Å². The molecule has 0 unspecified atom stereocenters. The molecule has 0 fully saturated rings. The van der Waals surface area contributed by atoms with E-state index >= 15 is 0 Å². The van der Waals surface area contributed by atoms with Gasteiger partial charge in [-0.1, -0.05) is 6.07 Å². The van der Waals surface area contributed by atoms with Gasteiger partial charge in [-0.3, -0.25) is 4.79 Å². The van der Waals surface area contributed by atoms with Crippen LogP contribution < -0.4 is 0 Å². The van der Waals surface area contributed by atoms with Crippen LogP contribution in [0.2, 0.25) is 0 Å². The number of carbonyl (C=O) groups is 2. The molecule has 2 rings (SSSR count). The number of carboxylic acids is 2. The topological polar surface area (TPSA) is 156 Å². The summed E-state index contributed by atoms with van der Waals surface area (Å²) in [5, 5.41) is 53.0. The Hall–Kier alpha value is -3.68. The summed E-state index contributed by atoms with van der Waals surface area (Å²) in [6.45, 7) is 0. The summed E-state index contributed by atoms with van der Waals surface area (Å²) in [6, 6.07) is 8.04. The molecule has 0 radical (unpaired) electrons. The van der Waals surface area contributed by atoms with E-state index in [9.17, 15) is 19.8 Å². The van der Waals surface area contributed by atoms with E-state index in [4.69, 9.17) is 20.4 Å². The Bertz CT molecular complexity index is 811. The minimum Gasteiger partial charge on any atom is -0.508 e. The quantitative estimate of drug-likeness (QED) is 0.443. The highest BCUT2D eigenvalue weighted by Crippen LogP contribution is 2.24. The Morgan fingerprint density at radius 2 is 1.42 bits per heavy atom. The van der Waals surface area contributed by atoms with Crippen molar-refractivity contribution >= 4 is 18.0 Å². The summed E-state index contributed by atoms with van der Waals surface area (Å²) in [7, 11) is 0. The lowest BCUT2D eigenvalue weighted by Gasteiger charge is -2.02. The van der Waals surface area contributed by atoms with Crippen LogP contribution in [0.15, 0.2) is 42.5 Å². The molecule has 0 spiro atoms. The van der Waals surface area contributed by atoms with Crippen molar-refractivity contribution in [1.29, 1.82) is 0 Å². The molecular formula is C18H18O8. The van der Waals surface area contributed by atoms with E-state index < -0.39 is 11.9 Å². The molecule has 0 amide bonds. The summed E-state index contributed by atoms with van der Waals surface area (Å²) in [5.41, 5.74) is 0.875. The molecule has 0 atom stereocenters. The predicted molar refractivity (Wildman–Crippen MR) is 92.2 cm³/mol. The zero-order chi connectivity index (χ0) is 19.7. The Balaban J connectivity index is 0.000000260. The normalized spacial score (nSPS) is 10.2. The van der Waals surface area contributed by atoms with Gasteiger partial charge in [0.1, 0.15) is 23.0 Å². The van der Waals surface area contributed by atoms with E-state index in [0.29, 0.717) is 11.1 Å². The zero-order valence-corrected chi connectivity index (χ0v) is 13.5. The predicted octanol–water partition coefficient (Wildman–Crippen LogP) is 2.31. The number of phenols is 4. The second-order valence-electron chi connectivity index (χ2n) is 5.12. The first kappa shape index (κ1) is 20.4. The number of aliphatic carboxylic acids is 2. The first-order valence-electron chi connectivity index (χ1n) is 7.34. The van der Waals surface area contributed by atoms with Crippen molar-refractivity contribution in [2.75, 3.05) is 0 Å². The second kappa shape index (κ2) is 9.58. The van der Waals surface area contributed by atoms with Crippen LogP contribution in [-0.2, 0) is 16.0 Å². The molecule has 2 aromatic rings. The molecule has 138 valence electrons. The Morgan fingerprint density at radius 3 is 1.92 bits per heavy atom. The van der Waals surface area contributed by atoms with Gasteiger partial charge in [-0.05, 0) is 36.3 Å². The Morgan fingerprint density at radius 1 is 0.846 bits per heavy atom. The Kier molecular flexibility index (Phi) is 7.50. The maximum atomic E-state index is 10.2. The van der Waals surface area contributed by atoms with Gasteiger partial charge in [0, 0.05) is 30.2 Å². The van der Waals surface area contributed by atoms with Crippen LogP contribution in [0.4, 0.5) is 0 Å². The summed E-state index contributed by atoms with van der Waals surface area (Å²) in [4.78, 5) is 20.4. The average Bonchev–Trinajstić information content (AvgIpc) is 2.53. The van der Waals surface area contributed by atoms with Crippen molar-refractivity contribution in [3.63, 3.8) is 0 Å². The molecule has 6 N–H and O–H groups in total. The molecule has 0 saturated heterocycles. The minimum absolute atomic E-state index is 0.0294. The molecule has 26 heavy (non-hydrogen) atoms. The van der Waals surface area contributed by atoms with Crippen LogP contribution in [0.3, 0.4) is 0 Å². The van der Waals surface area contributed by atoms with Gasteiger partial charge in [-0.25, -0.2) is 4.79 Å². The third kappa shape index (κ3) is 7.26. The van der Waals surface area contributed by atoms with Crippen LogP contribution in [0.1, 0.15) is 17.5 Å². The standard InChI is InChI=1S/C9H10O4.C9H8O4/c2*10-7-3-1-6(8(11)5-7)2-4-9(12)13/h1,3,5,10-11H,2,4H2,(H,12,13);1-5,10-11H,(H,12,13). The molecule has 0 aliphatic heterocycles. The average molecular weight is 362 g/mol. The number of aryl methyl sites for hydroxylation is 1. The highest BCUT2D eigenvalue weighted by molar-refractivity contribution is 5.85. The molecule has 0 aromatic heterocycles. The van der Waals surface area contributed by atoms with E-state index in [1.165, 1.54) is 36.4 Å². The van der Waals surface area contributed by atoms with Crippen molar-refractivity contribution in [2.24, 2.45) is 0 Å². The number of rotatable bonds is 5. The molecule has 0 saturated carbocycles. The van der Waals surface area contributed by atoms with Gasteiger partial charge < -0.3 is 30.6 Å². The lowest BCUT2D eigenvalue weighted by Crippen LogP contribution is -1.97. The molecule has 8 nitrogen and oxygen atoms in total. The molecule has 0 heterocycles. The first-order valence-corrected chi connectivity index (χ1v) is 7.34. The van der Waals surface area contributed by atoms with Gasteiger partial charge >= 0.3 is 11.9 Å². The molecule has 0 bridgehead atoms. The molecule has 2 aromatic carbocycles. The minimum atomic E-state index is -1.09. The fraction of sp³-hybridized carbons (Fsp3) is 0.111. The van der Waals surface area contributed by atoms with E-state index in [-0.39, 0.29) is 35.8 Å². The molecular weight excluding hydrogens is 344 g/mol. The summed E-state index contributed by atoms with van der Waals surface area (Å²) < 4.78 is 0. The van der Waals surface area contributed by atoms with Gasteiger partial charge in [0.25, 0.3) is 0 Å². The van der Waals surface area contributed by atoms with E-state index in [1.54, 1.807) is 0 Å². The number of benzene rings is 2. The fourth-order valence-corrected chi connectivity index (χ4v) is 1.84. The number of phenolic OH excluding ortho intramolecular Hbond substituents is 4. The van der Waals surface area contributed by atoms with Crippen molar-refractivity contribution in [2.45, 2.75) is 12.8 Å². The highest BCUT2D eigenvalue weighted by Gasteiger charge is 2.04. The van der Waals surface area contributed by atoms with Crippen LogP contribution in [0.25, 0.3) is 6.08 Å². The first-order chi connectivity index (χ1) is 12.2. The number of hydrogen-bond donors (Lipinski definition) is 6. The monoisotopic (exact) mass is 362 g/mol. The van der Waals surface area contributed by atoms with Gasteiger partial charge in [0.05, 0.1) is 0 Å². The maximum absolute atomic E-state index is 10.2. The fourth-order valence-electron chi connectivity index (χ4n) is 1.84. The number of hydrogen-bond acceptors (Lipinski definition) is 6. The van der Waals surface area contributed by atoms with Crippen LogP contribution >= 0.6 is 0 Å². The molecule has 0 aliphatic carbocycles. The SMILES string of the molecule is O=C(O)C=Cc1ccc(O)cc1O.O=C(O)CCc1ccc(O)cc1O. The summed E-state index contributed by atoms with van der Waals surface area (Å²) in [5.74, 6) is -2.32. The van der Waals surface area contributed by atoms with Crippen molar-refractivity contribution in [3.05, 3.63) is 53.6 Å². The largest absolute Gasteiger partial charge is 0.508 e. The van der Waals surface area contributed by atoms with Gasteiger partial charge in [-0.15, -0.1) is 0 Å². The van der Waals surface area contributed by atoms with E-state index in [1.807, 2.05) is 0 Å². The highest BCUT2D eigenvalue weighted by atomic mass is 16.4. The van der Waals surface area contributed by atoms with Gasteiger partial charge in [-0.2, -0.15) is 0 Å². The van der Waals surface area contributed by atoms with Crippen LogP contribution in [0.5, 0.6) is 23.0 Å². The number of aromatic hydroxyl groups is 4. The summed E-state index contributed by atoms with van der Waals surface area (Å²) >= 11 is 0. The van der Waals surface area contributed by atoms with Crippen LogP contribution in [-0.4, -0.2) is 42.6 Å². The zero-order valence-electron chi connectivity index (χ0n) is 13.5. The maximum Gasteiger partial charge on any atom is 0.328 e. The van der Waals surface area contributed by atoms with E-state index in [2.05, 4.69) is 0 Å².